The van der Waals surface area contributed by atoms with Crippen LogP contribution in [0.4, 0.5) is 0 Å². The summed E-state index contributed by atoms with van der Waals surface area (Å²) in [5, 5.41) is 3.24. The van der Waals surface area contributed by atoms with Crippen LogP contribution < -0.4 is 5.32 Å². The predicted octanol–water partition coefficient (Wildman–Crippen LogP) is 1.02. The first-order valence-corrected chi connectivity index (χ1v) is 3.90. The molecule has 0 aliphatic heterocycles. The van der Waals surface area contributed by atoms with Crippen LogP contribution in [0.5, 0.6) is 0 Å². The van der Waals surface area contributed by atoms with Crippen LogP contribution in [-0.2, 0) is 4.74 Å². The van der Waals surface area contributed by atoms with E-state index >= 15 is 0 Å². The van der Waals surface area contributed by atoms with E-state index in [-0.39, 0.29) is 5.54 Å². The number of methoxy groups -OCH3 is 1. The van der Waals surface area contributed by atoms with Crippen molar-refractivity contribution in [3.05, 3.63) is 0 Å². The van der Waals surface area contributed by atoms with E-state index in [2.05, 4.69) is 18.2 Å². The highest BCUT2D eigenvalue weighted by atomic mass is 16.5. The quantitative estimate of drug-likeness (QED) is 0.599. The van der Waals surface area contributed by atoms with Gasteiger partial charge in [0.15, 0.2) is 0 Å². The molecule has 0 amide bonds. The maximum atomic E-state index is 5.34. The van der Waals surface area contributed by atoms with E-state index in [1.165, 1.54) is 0 Å². The normalized spacial score (nSPS) is 15.5. The SMILES string of the molecule is C#CC(C)(COC)NCCC. The molecule has 0 radical (unpaired) electrons. The van der Waals surface area contributed by atoms with E-state index in [0.29, 0.717) is 6.61 Å². The summed E-state index contributed by atoms with van der Waals surface area (Å²) in [5.74, 6) is 2.68. The Morgan fingerprint density at radius 3 is 2.64 bits per heavy atom. The zero-order valence-electron chi connectivity index (χ0n) is 7.61. The zero-order chi connectivity index (χ0) is 8.74. The van der Waals surface area contributed by atoms with E-state index in [4.69, 9.17) is 11.2 Å². The van der Waals surface area contributed by atoms with Crippen molar-refractivity contribution in [3.63, 3.8) is 0 Å². The molecule has 0 saturated carbocycles. The minimum atomic E-state index is -0.301. The summed E-state index contributed by atoms with van der Waals surface area (Å²) in [6.45, 7) is 5.57. The van der Waals surface area contributed by atoms with Crippen LogP contribution in [0.25, 0.3) is 0 Å². The fraction of sp³-hybridized carbons (Fsp3) is 0.778. The standard InChI is InChI=1S/C9H17NO/c1-5-7-10-9(3,6-2)8-11-4/h2,10H,5,7-8H2,1,3-4H3. The van der Waals surface area contributed by atoms with Crippen LogP contribution in [0.15, 0.2) is 0 Å². The molecule has 0 aromatic heterocycles. The molecular formula is C9H17NO. The summed E-state index contributed by atoms with van der Waals surface area (Å²) in [6.07, 6.45) is 6.43. The Kier molecular flexibility index (Phi) is 4.93. The molecule has 0 rings (SSSR count). The summed E-state index contributed by atoms with van der Waals surface area (Å²) in [4.78, 5) is 0. The van der Waals surface area contributed by atoms with E-state index in [0.717, 1.165) is 13.0 Å². The molecule has 1 N–H and O–H groups in total. The van der Waals surface area contributed by atoms with Gasteiger partial charge < -0.3 is 4.74 Å². The molecule has 0 saturated heterocycles. The van der Waals surface area contributed by atoms with Crippen molar-refractivity contribution in [2.75, 3.05) is 20.3 Å². The molecule has 1 atom stereocenters. The highest BCUT2D eigenvalue weighted by Crippen LogP contribution is 2.01. The fourth-order valence-corrected chi connectivity index (χ4v) is 0.833. The Hall–Kier alpha value is -0.520. The number of ether oxygens (including phenoxy) is 1. The summed E-state index contributed by atoms with van der Waals surface area (Å²) in [6, 6.07) is 0. The van der Waals surface area contributed by atoms with Gasteiger partial charge in [0.2, 0.25) is 0 Å². The van der Waals surface area contributed by atoms with E-state index < -0.39 is 0 Å². The molecule has 0 spiro atoms. The molecule has 0 aliphatic carbocycles. The maximum absolute atomic E-state index is 5.34. The summed E-state index contributed by atoms with van der Waals surface area (Å²) in [7, 11) is 1.66. The molecule has 0 bridgehead atoms. The number of hydrogen-bond acceptors (Lipinski definition) is 2. The number of rotatable bonds is 5. The van der Waals surface area contributed by atoms with Gasteiger partial charge in [0.25, 0.3) is 0 Å². The summed E-state index contributed by atoms with van der Waals surface area (Å²) in [5.41, 5.74) is -0.301. The lowest BCUT2D eigenvalue weighted by Gasteiger charge is -2.23. The first kappa shape index (κ1) is 10.5. The molecular weight excluding hydrogens is 138 g/mol. The molecule has 64 valence electrons. The summed E-state index contributed by atoms with van der Waals surface area (Å²) < 4.78 is 4.99. The van der Waals surface area contributed by atoms with Gasteiger partial charge >= 0.3 is 0 Å². The molecule has 0 fully saturated rings. The second-order valence-electron chi connectivity index (χ2n) is 2.84. The second kappa shape index (κ2) is 5.17. The minimum absolute atomic E-state index is 0.301. The highest BCUT2D eigenvalue weighted by molar-refractivity contribution is 5.10. The van der Waals surface area contributed by atoms with Gasteiger partial charge in [-0.25, -0.2) is 0 Å². The van der Waals surface area contributed by atoms with Crippen molar-refractivity contribution in [1.82, 2.24) is 5.32 Å². The largest absolute Gasteiger partial charge is 0.382 e. The topological polar surface area (TPSA) is 21.3 Å². The Morgan fingerprint density at radius 1 is 1.64 bits per heavy atom. The Balaban J connectivity index is 3.81. The average molecular weight is 155 g/mol. The van der Waals surface area contributed by atoms with Crippen molar-refractivity contribution >= 4 is 0 Å². The van der Waals surface area contributed by atoms with Gasteiger partial charge in [-0.2, -0.15) is 0 Å². The molecule has 0 aliphatic rings. The van der Waals surface area contributed by atoms with Crippen LogP contribution in [0.1, 0.15) is 20.3 Å². The van der Waals surface area contributed by atoms with Crippen molar-refractivity contribution in [1.29, 1.82) is 0 Å². The van der Waals surface area contributed by atoms with Gasteiger partial charge in [0.05, 0.1) is 6.61 Å². The lowest BCUT2D eigenvalue weighted by molar-refractivity contribution is 0.147. The molecule has 0 heterocycles. The average Bonchev–Trinajstić information content (AvgIpc) is 2.02. The number of hydrogen-bond donors (Lipinski definition) is 1. The van der Waals surface area contributed by atoms with Crippen LogP contribution in [0.2, 0.25) is 0 Å². The van der Waals surface area contributed by atoms with Gasteiger partial charge in [-0.15, -0.1) is 6.42 Å². The van der Waals surface area contributed by atoms with E-state index in [9.17, 15) is 0 Å². The second-order valence-corrected chi connectivity index (χ2v) is 2.84. The van der Waals surface area contributed by atoms with Crippen LogP contribution >= 0.6 is 0 Å². The third kappa shape index (κ3) is 4.02. The third-order valence-electron chi connectivity index (χ3n) is 1.52. The van der Waals surface area contributed by atoms with Crippen LogP contribution in [0, 0.1) is 12.3 Å². The Labute approximate surface area is 69.3 Å². The zero-order valence-corrected chi connectivity index (χ0v) is 7.61. The van der Waals surface area contributed by atoms with Crippen molar-refractivity contribution in [2.45, 2.75) is 25.8 Å². The predicted molar refractivity (Wildman–Crippen MR) is 47.4 cm³/mol. The van der Waals surface area contributed by atoms with Crippen molar-refractivity contribution < 1.29 is 4.74 Å². The molecule has 1 unspecified atom stereocenters. The first-order chi connectivity index (χ1) is 5.18. The monoisotopic (exact) mass is 155 g/mol. The molecule has 11 heavy (non-hydrogen) atoms. The lowest BCUT2D eigenvalue weighted by Crippen LogP contribution is -2.45. The van der Waals surface area contributed by atoms with Gasteiger partial charge in [0, 0.05) is 7.11 Å². The Morgan fingerprint density at radius 2 is 2.27 bits per heavy atom. The first-order valence-electron chi connectivity index (χ1n) is 3.90. The maximum Gasteiger partial charge on any atom is 0.101 e. The van der Waals surface area contributed by atoms with Crippen molar-refractivity contribution in [2.24, 2.45) is 0 Å². The molecule has 0 aromatic rings. The van der Waals surface area contributed by atoms with Gasteiger partial charge in [-0.3, -0.25) is 5.32 Å². The van der Waals surface area contributed by atoms with Gasteiger partial charge in [0.1, 0.15) is 5.54 Å². The number of terminal acetylenes is 1. The van der Waals surface area contributed by atoms with E-state index in [1.807, 2.05) is 6.92 Å². The van der Waals surface area contributed by atoms with E-state index in [1.54, 1.807) is 7.11 Å². The fourth-order valence-electron chi connectivity index (χ4n) is 0.833. The molecule has 2 nitrogen and oxygen atoms in total. The van der Waals surface area contributed by atoms with Crippen molar-refractivity contribution in [3.8, 4) is 12.3 Å². The van der Waals surface area contributed by atoms with Gasteiger partial charge in [-0.05, 0) is 19.9 Å². The molecule has 0 aromatic carbocycles. The third-order valence-corrected chi connectivity index (χ3v) is 1.52. The van der Waals surface area contributed by atoms with Crippen LogP contribution in [0.3, 0.4) is 0 Å². The Bertz CT molecular complexity index is 139. The van der Waals surface area contributed by atoms with Crippen LogP contribution in [-0.4, -0.2) is 25.8 Å². The minimum Gasteiger partial charge on any atom is -0.382 e. The molecule has 2 heteroatoms. The smallest absolute Gasteiger partial charge is 0.101 e. The lowest BCUT2D eigenvalue weighted by atomic mass is 10.1. The highest BCUT2D eigenvalue weighted by Gasteiger charge is 2.18. The number of nitrogens with one attached hydrogen (secondary N) is 1. The van der Waals surface area contributed by atoms with Gasteiger partial charge in [-0.1, -0.05) is 12.8 Å². The summed E-state index contributed by atoms with van der Waals surface area (Å²) >= 11 is 0.